The fraction of sp³-hybridized carbons (Fsp3) is 0.0588. The smallest absolute Gasteiger partial charge is 0.338 e. The van der Waals surface area contributed by atoms with Crippen LogP contribution in [0.1, 0.15) is 16.1 Å². The van der Waals surface area contributed by atoms with Crippen molar-refractivity contribution in [3.05, 3.63) is 69.9 Å². The van der Waals surface area contributed by atoms with Crippen molar-refractivity contribution in [3.63, 3.8) is 0 Å². The number of rotatable bonds is 5. The number of primary sulfonamides is 1. The molecule has 10 heteroatoms. The molecule has 3 rings (SSSR count). The Bertz CT molecular complexity index is 1100. The van der Waals surface area contributed by atoms with E-state index < -0.39 is 16.0 Å². The quantitative estimate of drug-likeness (QED) is 0.628. The second-order valence-electron chi connectivity index (χ2n) is 5.42. The summed E-state index contributed by atoms with van der Waals surface area (Å²) in [5.41, 5.74) is 1.25. The molecule has 0 unspecified atom stereocenters. The monoisotopic (exact) mass is 426 g/mol. The molecule has 0 saturated heterocycles. The maximum absolute atomic E-state index is 13.0. The molecule has 6 nitrogen and oxygen atoms in total. The predicted octanol–water partition coefficient (Wildman–Crippen LogP) is 3.61. The fourth-order valence-electron chi connectivity index (χ4n) is 2.17. The van der Waals surface area contributed by atoms with Gasteiger partial charge in [0.1, 0.15) is 22.3 Å². The number of hydrogen-bond donors (Lipinski definition) is 1. The number of nitrogens with two attached hydrogens (primary N) is 1. The van der Waals surface area contributed by atoms with Crippen molar-refractivity contribution in [2.24, 2.45) is 5.14 Å². The highest BCUT2D eigenvalue weighted by Gasteiger charge is 2.17. The van der Waals surface area contributed by atoms with Gasteiger partial charge in [0.25, 0.3) is 0 Å². The number of hydrogen-bond acceptors (Lipinski definition) is 6. The summed E-state index contributed by atoms with van der Waals surface area (Å²) in [6, 6.07) is 9.53. The van der Waals surface area contributed by atoms with E-state index in [2.05, 4.69) is 4.98 Å². The van der Waals surface area contributed by atoms with Gasteiger partial charge in [-0.25, -0.2) is 27.7 Å². The molecule has 0 fully saturated rings. The number of aromatic nitrogens is 1. The molecule has 0 radical (unpaired) electrons. The molecule has 0 aliphatic heterocycles. The molecule has 0 amide bonds. The van der Waals surface area contributed by atoms with Crippen LogP contribution in [-0.2, 0) is 21.4 Å². The number of carbonyl (C=O) groups excluding carboxylic acids is 1. The number of benzene rings is 2. The summed E-state index contributed by atoms with van der Waals surface area (Å²) in [5, 5.41) is 7.35. The predicted molar refractivity (Wildman–Crippen MR) is 99.5 cm³/mol. The number of sulfonamides is 1. The SMILES string of the molecule is NS(=O)(=O)c1cc(C(=O)OCc2csc(-c3ccc(F)cc3)n2)ccc1Cl. The summed E-state index contributed by atoms with van der Waals surface area (Å²) in [7, 11) is -4.06. The maximum Gasteiger partial charge on any atom is 0.338 e. The van der Waals surface area contributed by atoms with Gasteiger partial charge in [-0.05, 0) is 42.5 Å². The number of esters is 1. The van der Waals surface area contributed by atoms with E-state index in [4.69, 9.17) is 21.5 Å². The van der Waals surface area contributed by atoms with Gasteiger partial charge in [0.2, 0.25) is 10.0 Å². The van der Waals surface area contributed by atoms with E-state index in [1.807, 2.05) is 0 Å². The van der Waals surface area contributed by atoms with Crippen molar-refractivity contribution in [1.29, 1.82) is 0 Å². The first-order valence-corrected chi connectivity index (χ1v) is 10.2. The van der Waals surface area contributed by atoms with Crippen LogP contribution < -0.4 is 5.14 Å². The first-order valence-electron chi connectivity index (χ1n) is 7.44. The second-order valence-corrected chi connectivity index (χ2v) is 8.21. The Labute approximate surface area is 163 Å². The molecule has 3 aromatic rings. The van der Waals surface area contributed by atoms with Crippen LogP contribution in [0.3, 0.4) is 0 Å². The number of nitrogens with zero attached hydrogens (tertiary/aromatic N) is 1. The molecule has 1 aromatic heterocycles. The molecule has 0 aliphatic rings. The summed E-state index contributed by atoms with van der Waals surface area (Å²) < 4.78 is 41.1. The van der Waals surface area contributed by atoms with E-state index >= 15 is 0 Å². The van der Waals surface area contributed by atoms with E-state index in [0.29, 0.717) is 10.7 Å². The van der Waals surface area contributed by atoms with Gasteiger partial charge in [0, 0.05) is 10.9 Å². The molecule has 0 saturated carbocycles. The molecule has 2 N–H and O–H groups in total. The molecular formula is C17H12ClFN2O4S2. The Balaban J connectivity index is 1.71. The molecule has 140 valence electrons. The lowest BCUT2D eigenvalue weighted by molar-refractivity contribution is 0.0468. The summed E-state index contributed by atoms with van der Waals surface area (Å²) in [5.74, 6) is -1.08. The van der Waals surface area contributed by atoms with E-state index in [1.54, 1.807) is 17.5 Å². The molecule has 0 atom stereocenters. The fourth-order valence-corrected chi connectivity index (χ4v) is 4.05. The largest absolute Gasteiger partial charge is 0.456 e. The highest BCUT2D eigenvalue weighted by molar-refractivity contribution is 7.89. The zero-order chi connectivity index (χ0) is 19.6. The molecule has 1 heterocycles. The zero-order valence-electron chi connectivity index (χ0n) is 13.6. The highest BCUT2D eigenvalue weighted by atomic mass is 35.5. The van der Waals surface area contributed by atoms with Crippen molar-refractivity contribution in [3.8, 4) is 10.6 Å². The number of carbonyl (C=O) groups is 1. The van der Waals surface area contributed by atoms with Crippen LogP contribution in [0.4, 0.5) is 4.39 Å². The number of ether oxygens (including phenoxy) is 1. The van der Waals surface area contributed by atoms with Gasteiger partial charge < -0.3 is 4.74 Å². The average molecular weight is 427 g/mol. The zero-order valence-corrected chi connectivity index (χ0v) is 15.9. The first-order chi connectivity index (χ1) is 12.7. The molecule has 0 spiro atoms. The summed E-state index contributed by atoms with van der Waals surface area (Å²) in [6.07, 6.45) is 0. The van der Waals surface area contributed by atoms with Crippen LogP contribution in [0.15, 0.2) is 52.7 Å². The van der Waals surface area contributed by atoms with Gasteiger partial charge in [0.05, 0.1) is 16.3 Å². The Morgan fingerprint density at radius 3 is 2.59 bits per heavy atom. The van der Waals surface area contributed by atoms with Crippen LogP contribution in [0.2, 0.25) is 5.02 Å². The molecule has 0 bridgehead atoms. The minimum Gasteiger partial charge on any atom is -0.456 e. The third kappa shape index (κ3) is 4.69. The lowest BCUT2D eigenvalue weighted by atomic mass is 10.2. The Kier molecular flexibility index (Phi) is 5.56. The average Bonchev–Trinajstić information content (AvgIpc) is 3.08. The van der Waals surface area contributed by atoms with Gasteiger partial charge in [-0.3, -0.25) is 0 Å². The standard InChI is InChI=1S/C17H12ClFN2O4S2/c18-14-6-3-11(7-15(14)27(20,23)24)17(22)25-8-13-9-26-16(21-13)10-1-4-12(19)5-2-10/h1-7,9H,8H2,(H2,20,23,24). The molecule has 27 heavy (non-hydrogen) atoms. The Morgan fingerprint density at radius 2 is 1.93 bits per heavy atom. The Morgan fingerprint density at radius 1 is 1.22 bits per heavy atom. The number of thiazole rings is 1. The van der Waals surface area contributed by atoms with Crippen molar-refractivity contribution in [2.75, 3.05) is 0 Å². The Hall–Kier alpha value is -2.33. The third-order valence-corrected chi connectivity index (χ3v) is 5.80. The summed E-state index contributed by atoms with van der Waals surface area (Å²) in [6.45, 7) is -0.107. The van der Waals surface area contributed by atoms with Gasteiger partial charge in [-0.15, -0.1) is 11.3 Å². The van der Waals surface area contributed by atoms with Gasteiger partial charge >= 0.3 is 5.97 Å². The third-order valence-electron chi connectivity index (χ3n) is 3.47. The van der Waals surface area contributed by atoms with Crippen LogP contribution >= 0.6 is 22.9 Å². The van der Waals surface area contributed by atoms with Crippen LogP contribution in [0.5, 0.6) is 0 Å². The van der Waals surface area contributed by atoms with Gasteiger partial charge in [0.15, 0.2) is 0 Å². The van der Waals surface area contributed by atoms with E-state index in [1.165, 1.54) is 35.6 Å². The normalized spacial score (nSPS) is 11.4. The van der Waals surface area contributed by atoms with E-state index in [-0.39, 0.29) is 27.9 Å². The lowest BCUT2D eigenvalue weighted by Gasteiger charge is -2.06. The van der Waals surface area contributed by atoms with Gasteiger partial charge in [-0.2, -0.15) is 0 Å². The highest BCUT2D eigenvalue weighted by Crippen LogP contribution is 2.25. The van der Waals surface area contributed by atoms with Crippen molar-refractivity contribution in [2.45, 2.75) is 11.5 Å². The summed E-state index contributed by atoms with van der Waals surface area (Å²) >= 11 is 7.11. The lowest BCUT2D eigenvalue weighted by Crippen LogP contribution is -2.14. The minimum atomic E-state index is -4.06. The second kappa shape index (κ2) is 7.73. The number of halogens is 2. The molecular weight excluding hydrogens is 415 g/mol. The minimum absolute atomic E-state index is 0.00240. The first kappa shape index (κ1) is 19.4. The molecule has 2 aromatic carbocycles. The van der Waals surface area contributed by atoms with E-state index in [9.17, 15) is 17.6 Å². The van der Waals surface area contributed by atoms with Crippen molar-refractivity contribution >= 4 is 38.9 Å². The maximum atomic E-state index is 13.0. The van der Waals surface area contributed by atoms with Crippen molar-refractivity contribution < 1.29 is 22.3 Å². The topological polar surface area (TPSA) is 99.4 Å². The van der Waals surface area contributed by atoms with Gasteiger partial charge in [-0.1, -0.05) is 11.6 Å². The van der Waals surface area contributed by atoms with Crippen LogP contribution in [-0.4, -0.2) is 19.4 Å². The van der Waals surface area contributed by atoms with Crippen molar-refractivity contribution in [1.82, 2.24) is 4.98 Å². The molecule has 0 aliphatic carbocycles. The summed E-state index contributed by atoms with van der Waals surface area (Å²) in [4.78, 5) is 16.1. The van der Waals surface area contributed by atoms with E-state index in [0.717, 1.165) is 11.6 Å². The van der Waals surface area contributed by atoms with Crippen LogP contribution in [0, 0.1) is 5.82 Å². The van der Waals surface area contributed by atoms with Crippen LogP contribution in [0.25, 0.3) is 10.6 Å².